The molecule has 1 aromatic carbocycles. The lowest BCUT2D eigenvalue weighted by Crippen LogP contribution is -2.51. The first-order valence-corrected chi connectivity index (χ1v) is 13.5. The van der Waals surface area contributed by atoms with E-state index in [4.69, 9.17) is 16.3 Å². The Balaban J connectivity index is 1.63. The van der Waals surface area contributed by atoms with Gasteiger partial charge in [-0.15, -0.1) is 0 Å². The minimum atomic E-state index is -1.21. The first-order valence-electron chi connectivity index (χ1n) is 13.1. The number of carbonyl (C=O) groups is 2. The number of rotatable bonds is 9. The monoisotopic (exact) mass is 529 g/mol. The van der Waals surface area contributed by atoms with Crippen molar-refractivity contribution in [2.45, 2.75) is 89.3 Å². The largest absolute Gasteiger partial charge is 0.419 e. The van der Waals surface area contributed by atoms with Crippen molar-refractivity contribution in [1.29, 1.82) is 0 Å². The van der Waals surface area contributed by atoms with Crippen LogP contribution in [0.5, 0.6) is 0 Å². The van der Waals surface area contributed by atoms with Crippen molar-refractivity contribution < 1.29 is 28.2 Å². The van der Waals surface area contributed by atoms with Crippen LogP contribution >= 0.6 is 11.6 Å². The summed E-state index contributed by atoms with van der Waals surface area (Å²) in [6.07, 6.45) is 5.49. The first kappa shape index (κ1) is 28.6. The third-order valence-electron chi connectivity index (χ3n) is 7.14. The van der Waals surface area contributed by atoms with Crippen molar-refractivity contribution in [2.75, 3.05) is 26.2 Å². The number of hydrogen-bond acceptors (Lipinski definition) is 5. The van der Waals surface area contributed by atoms with Crippen LogP contribution in [0.1, 0.15) is 82.8 Å². The molecular weight excluding hydrogens is 492 g/mol. The number of nitrogens with one attached hydrogen (secondary N) is 1. The molecule has 1 aliphatic carbocycles. The van der Waals surface area contributed by atoms with E-state index < -0.39 is 34.9 Å². The smallest absolute Gasteiger partial charge is 0.388 e. The number of carbonyl (C=O) groups excluding carboxylic acids is 2. The van der Waals surface area contributed by atoms with Gasteiger partial charge in [-0.2, -0.15) is 0 Å². The highest BCUT2D eigenvalue weighted by atomic mass is 35.5. The summed E-state index contributed by atoms with van der Waals surface area (Å²) in [6, 6.07) is 2.13. The molecule has 1 aromatic rings. The van der Waals surface area contributed by atoms with Crippen LogP contribution in [0.25, 0.3) is 0 Å². The van der Waals surface area contributed by atoms with E-state index >= 15 is 0 Å². The van der Waals surface area contributed by atoms with Gasteiger partial charge in [0.15, 0.2) is 5.82 Å². The van der Waals surface area contributed by atoms with Crippen LogP contribution in [0, 0.1) is 11.6 Å². The van der Waals surface area contributed by atoms with Crippen LogP contribution in [0.15, 0.2) is 12.1 Å². The SMILES string of the molecule is CCCN(C(=O)OC(=O)N(CCCC(O)c1ccc(F)c(Cl)c1F)C1CCCNC1)C1CCCCC1. The lowest BCUT2D eigenvalue weighted by molar-refractivity contribution is 0.0636. The van der Waals surface area contributed by atoms with E-state index in [2.05, 4.69) is 5.32 Å². The van der Waals surface area contributed by atoms with Crippen LogP contribution in [0.4, 0.5) is 18.4 Å². The molecule has 1 saturated heterocycles. The molecular formula is C26H38ClF2N3O4. The average Bonchev–Trinajstić information content (AvgIpc) is 2.89. The molecule has 10 heteroatoms. The third kappa shape index (κ3) is 7.52. The maximum atomic E-state index is 14.3. The van der Waals surface area contributed by atoms with Crippen molar-refractivity contribution in [3.8, 4) is 0 Å². The average molecular weight is 530 g/mol. The molecule has 2 N–H and O–H groups in total. The third-order valence-corrected chi connectivity index (χ3v) is 7.48. The number of ether oxygens (including phenoxy) is 1. The van der Waals surface area contributed by atoms with Crippen LogP contribution in [-0.4, -0.2) is 65.4 Å². The summed E-state index contributed by atoms with van der Waals surface area (Å²) in [5, 5.41) is 13.1. The van der Waals surface area contributed by atoms with Gasteiger partial charge in [-0.3, -0.25) is 0 Å². The Hall–Kier alpha value is -1.97. The maximum Gasteiger partial charge on any atom is 0.419 e. The number of halogens is 3. The number of aliphatic hydroxyl groups excluding tert-OH is 1. The van der Waals surface area contributed by atoms with Crippen LogP contribution < -0.4 is 5.32 Å². The van der Waals surface area contributed by atoms with Gasteiger partial charge in [-0.05, 0) is 57.6 Å². The fourth-order valence-electron chi connectivity index (χ4n) is 5.18. The normalized spacial score (nSPS) is 19.5. The van der Waals surface area contributed by atoms with Gasteiger partial charge in [0.05, 0.1) is 6.10 Å². The Bertz CT molecular complexity index is 879. The predicted octanol–water partition coefficient (Wildman–Crippen LogP) is 5.79. The Morgan fingerprint density at radius 3 is 2.39 bits per heavy atom. The van der Waals surface area contributed by atoms with Gasteiger partial charge in [0.2, 0.25) is 0 Å². The summed E-state index contributed by atoms with van der Waals surface area (Å²) in [7, 11) is 0. The van der Waals surface area contributed by atoms with Crippen LogP contribution in [0.3, 0.4) is 0 Å². The molecule has 1 saturated carbocycles. The van der Waals surface area contributed by atoms with E-state index in [0.717, 1.165) is 64.0 Å². The molecule has 1 heterocycles. The van der Waals surface area contributed by atoms with Crippen molar-refractivity contribution in [3.63, 3.8) is 0 Å². The van der Waals surface area contributed by atoms with E-state index in [0.29, 0.717) is 19.5 Å². The van der Waals surface area contributed by atoms with E-state index in [9.17, 15) is 23.5 Å². The van der Waals surface area contributed by atoms with Crippen LogP contribution in [0.2, 0.25) is 5.02 Å². The summed E-state index contributed by atoms with van der Waals surface area (Å²) < 4.78 is 33.1. The highest BCUT2D eigenvalue weighted by molar-refractivity contribution is 6.30. The molecule has 2 atom stereocenters. The van der Waals surface area contributed by atoms with Gasteiger partial charge in [0.25, 0.3) is 0 Å². The molecule has 202 valence electrons. The first-order chi connectivity index (χ1) is 17.3. The molecule has 0 bridgehead atoms. The maximum absolute atomic E-state index is 14.3. The molecule has 2 unspecified atom stereocenters. The molecule has 2 amide bonds. The summed E-state index contributed by atoms with van der Waals surface area (Å²) >= 11 is 5.63. The molecule has 0 aromatic heterocycles. The highest BCUT2D eigenvalue weighted by Gasteiger charge is 2.32. The molecule has 0 spiro atoms. The molecule has 0 radical (unpaired) electrons. The lowest BCUT2D eigenvalue weighted by Gasteiger charge is -2.36. The van der Waals surface area contributed by atoms with Crippen LogP contribution in [-0.2, 0) is 4.74 Å². The van der Waals surface area contributed by atoms with Gasteiger partial charge in [0.1, 0.15) is 10.8 Å². The lowest BCUT2D eigenvalue weighted by atomic mass is 9.94. The zero-order valence-corrected chi connectivity index (χ0v) is 21.7. The fraction of sp³-hybridized carbons (Fsp3) is 0.692. The van der Waals surface area contributed by atoms with Crippen molar-refractivity contribution in [3.05, 3.63) is 34.4 Å². The van der Waals surface area contributed by atoms with E-state index in [1.54, 1.807) is 4.90 Å². The van der Waals surface area contributed by atoms with Crippen molar-refractivity contribution in [2.24, 2.45) is 0 Å². The second kappa shape index (κ2) is 14.1. The molecule has 3 rings (SSSR count). The van der Waals surface area contributed by atoms with Gasteiger partial charge < -0.3 is 25.0 Å². The Labute approximate surface area is 217 Å². The minimum absolute atomic E-state index is 0.0901. The molecule has 2 fully saturated rings. The zero-order valence-electron chi connectivity index (χ0n) is 21.0. The topological polar surface area (TPSA) is 82.1 Å². The highest BCUT2D eigenvalue weighted by Crippen LogP contribution is 2.29. The Morgan fingerprint density at radius 2 is 1.75 bits per heavy atom. The number of aliphatic hydroxyl groups is 1. The molecule has 7 nitrogen and oxygen atoms in total. The molecule has 2 aliphatic rings. The number of amides is 2. The van der Waals surface area contributed by atoms with E-state index in [1.807, 2.05) is 6.92 Å². The zero-order chi connectivity index (χ0) is 26.1. The number of hydrogen-bond donors (Lipinski definition) is 2. The van der Waals surface area contributed by atoms with Gasteiger partial charge >= 0.3 is 12.2 Å². The standard InChI is InChI=1S/C26H38ClF2N3O4/c1-2-15-31(18-8-4-3-5-9-18)25(34)36-26(35)32(19-10-6-14-30-17-19)16-7-11-22(33)20-12-13-21(28)23(27)24(20)29/h12-13,18-19,22,30,33H,2-11,14-17H2,1H3. The van der Waals surface area contributed by atoms with Crippen molar-refractivity contribution in [1.82, 2.24) is 15.1 Å². The van der Waals surface area contributed by atoms with Gasteiger partial charge in [-0.25, -0.2) is 18.4 Å². The fourth-order valence-corrected chi connectivity index (χ4v) is 5.35. The van der Waals surface area contributed by atoms with E-state index in [-0.39, 0.29) is 30.6 Å². The van der Waals surface area contributed by atoms with Crippen molar-refractivity contribution >= 4 is 23.8 Å². The summed E-state index contributed by atoms with van der Waals surface area (Å²) in [4.78, 5) is 29.4. The number of benzene rings is 1. The number of nitrogens with zero attached hydrogens (tertiary/aromatic N) is 2. The number of piperidine rings is 1. The van der Waals surface area contributed by atoms with Gasteiger partial charge in [-0.1, -0.05) is 43.9 Å². The summed E-state index contributed by atoms with van der Waals surface area (Å²) in [5.41, 5.74) is -0.0901. The van der Waals surface area contributed by atoms with Gasteiger partial charge in [0, 0.05) is 37.3 Å². The summed E-state index contributed by atoms with van der Waals surface area (Å²) in [5.74, 6) is -1.87. The Morgan fingerprint density at radius 1 is 1.08 bits per heavy atom. The Kier molecular flexibility index (Phi) is 11.2. The summed E-state index contributed by atoms with van der Waals surface area (Å²) in [6.45, 7) is 4.19. The molecule has 36 heavy (non-hydrogen) atoms. The minimum Gasteiger partial charge on any atom is -0.388 e. The van der Waals surface area contributed by atoms with E-state index in [1.165, 1.54) is 11.0 Å². The second-order valence-electron chi connectivity index (χ2n) is 9.74. The second-order valence-corrected chi connectivity index (χ2v) is 10.1. The molecule has 1 aliphatic heterocycles. The quantitative estimate of drug-likeness (QED) is 0.313. The predicted molar refractivity (Wildman–Crippen MR) is 134 cm³/mol.